The molecular formula is C24H39NO8. The molecule has 33 heavy (non-hydrogen) atoms. The lowest BCUT2D eigenvalue weighted by molar-refractivity contribution is -0.165. The molecule has 3 saturated heterocycles. The molecule has 3 rings (SSSR count). The standard InChI is InChI=1S/C13H22O5.C11H17NO3/c1-5-12(2)8-13(18-9-12,11(15)17-4)7-6-10(14)16-3;1-3-10(2)6-11(15-7-10)5-4-8(13)12-9(11)14/h5-9H2,1-4H3;3-7H2,1-2H3,(H,12,13,14). The Morgan fingerprint density at radius 2 is 1.58 bits per heavy atom. The smallest absolute Gasteiger partial charge is 0.338 e. The van der Waals surface area contributed by atoms with Crippen LogP contribution in [0, 0.1) is 10.8 Å². The van der Waals surface area contributed by atoms with E-state index in [1.165, 1.54) is 14.2 Å². The van der Waals surface area contributed by atoms with Crippen LogP contribution in [0.3, 0.4) is 0 Å². The van der Waals surface area contributed by atoms with Crippen molar-refractivity contribution in [1.82, 2.24) is 5.32 Å². The number of piperidine rings is 1. The average Bonchev–Trinajstić information content (AvgIpc) is 3.35. The number of ether oxygens (including phenoxy) is 4. The van der Waals surface area contributed by atoms with Gasteiger partial charge in [0.15, 0.2) is 5.60 Å². The average molecular weight is 470 g/mol. The van der Waals surface area contributed by atoms with Gasteiger partial charge in [-0.3, -0.25) is 19.7 Å². The first-order valence-electron chi connectivity index (χ1n) is 11.7. The Bertz CT molecular complexity index is 770. The van der Waals surface area contributed by atoms with Crippen LogP contribution in [0.15, 0.2) is 0 Å². The number of hydrogen-bond donors (Lipinski definition) is 1. The van der Waals surface area contributed by atoms with Gasteiger partial charge in [-0.1, -0.05) is 27.7 Å². The molecule has 0 aromatic carbocycles. The number of carbonyl (C=O) groups is 4. The van der Waals surface area contributed by atoms with Crippen molar-refractivity contribution in [1.29, 1.82) is 0 Å². The fourth-order valence-corrected chi connectivity index (χ4v) is 4.69. The monoisotopic (exact) mass is 469 g/mol. The van der Waals surface area contributed by atoms with Crippen LogP contribution in [-0.2, 0) is 38.1 Å². The van der Waals surface area contributed by atoms with E-state index in [2.05, 4.69) is 37.7 Å². The molecule has 3 heterocycles. The lowest BCUT2D eigenvalue weighted by atomic mass is 9.77. The summed E-state index contributed by atoms with van der Waals surface area (Å²) in [6.07, 6.45) is 4.63. The van der Waals surface area contributed by atoms with Gasteiger partial charge in [0.05, 0.1) is 27.4 Å². The normalized spacial score (nSPS) is 35.6. The molecular weight excluding hydrogens is 430 g/mol. The Labute approximate surface area is 196 Å². The van der Waals surface area contributed by atoms with Crippen LogP contribution < -0.4 is 5.32 Å². The second-order valence-electron chi connectivity index (χ2n) is 10.2. The van der Waals surface area contributed by atoms with Gasteiger partial charge < -0.3 is 18.9 Å². The van der Waals surface area contributed by atoms with E-state index in [9.17, 15) is 19.2 Å². The quantitative estimate of drug-likeness (QED) is 0.466. The molecule has 0 aliphatic carbocycles. The summed E-state index contributed by atoms with van der Waals surface area (Å²) >= 11 is 0. The maximum Gasteiger partial charge on any atom is 0.338 e. The summed E-state index contributed by atoms with van der Waals surface area (Å²) < 4.78 is 20.8. The molecule has 0 aromatic rings. The molecule has 4 atom stereocenters. The summed E-state index contributed by atoms with van der Waals surface area (Å²) in [6.45, 7) is 9.51. The molecule has 0 saturated carbocycles. The van der Waals surface area contributed by atoms with Gasteiger partial charge in [0.25, 0.3) is 5.91 Å². The number of amides is 2. The van der Waals surface area contributed by atoms with Crippen molar-refractivity contribution in [2.45, 2.75) is 90.3 Å². The number of hydrogen-bond acceptors (Lipinski definition) is 8. The molecule has 9 heteroatoms. The summed E-state index contributed by atoms with van der Waals surface area (Å²) in [5.74, 6) is -1.16. The first kappa shape index (κ1) is 27.2. The van der Waals surface area contributed by atoms with E-state index in [-0.39, 0.29) is 35.0 Å². The first-order valence-corrected chi connectivity index (χ1v) is 11.7. The zero-order valence-corrected chi connectivity index (χ0v) is 20.8. The van der Waals surface area contributed by atoms with E-state index >= 15 is 0 Å². The Balaban J connectivity index is 0.000000237. The Kier molecular flexibility index (Phi) is 8.68. The highest BCUT2D eigenvalue weighted by Gasteiger charge is 2.53. The minimum Gasteiger partial charge on any atom is -0.469 e. The van der Waals surface area contributed by atoms with E-state index in [1.807, 2.05) is 0 Å². The molecule has 0 aromatic heterocycles. The fraction of sp³-hybridized carbons (Fsp3) is 0.833. The van der Waals surface area contributed by atoms with E-state index in [1.54, 1.807) is 0 Å². The van der Waals surface area contributed by atoms with E-state index in [0.717, 1.165) is 19.3 Å². The van der Waals surface area contributed by atoms with Crippen LogP contribution in [0.1, 0.15) is 79.1 Å². The summed E-state index contributed by atoms with van der Waals surface area (Å²) in [6, 6.07) is 0. The van der Waals surface area contributed by atoms with Crippen LogP contribution in [-0.4, -0.2) is 62.4 Å². The molecule has 1 spiro atoms. The number of nitrogens with one attached hydrogen (secondary N) is 1. The molecule has 0 radical (unpaired) electrons. The molecule has 4 unspecified atom stereocenters. The molecule has 2 amide bonds. The number of imide groups is 1. The van der Waals surface area contributed by atoms with Gasteiger partial charge in [-0.15, -0.1) is 0 Å². The van der Waals surface area contributed by atoms with Crippen molar-refractivity contribution in [3.05, 3.63) is 0 Å². The van der Waals surface area contributed by atoms with Gasteiger partial charge in [-0.05, 0) is 49.4 Å². The highest BCUT2D eigenvalue weighted by molar-refractivity contribution is 6.02. The lowest BCUT2D eigenvalue weighted by Crippen LogP contribution is -2.53. The molecule has 188 valence electrons. The number of rotatable bonds is 6. The SMILES string of the molecule is CCC1(C)COC(CCC(=O)OC)(C(=O)OC)C1.CCC1(C)COC2(CCC(=O)NC2=O)C1. The van der Waals surface area contributed by atoms with Crippen molar-refractivity contribution in [2.75, 3.05) is 27.4 Å². The zero-order valence-electron chi connectivity index (χ0n) is 20.8. The highest BCUT2D eigenvalue weighted by atomic mass is 16.6. The van der Waals surface area contributed by atoms with E-state index in [4.69, 9.17) is 14.2 Å². The molecule has 0 bridgehead atoms. The van der Waals surface area contributed by atoms with Gasteiger partial charge >= 0.3 is 11.9 Å². The van der Waals surface area contributed by atoms with Crippen LogP contribution in [0.25, 0.3) is 0 Å². The first-order chi connectivity index (χ1) is 15.4. The van der Waals surface area contributed by atoms with Gasteiger partial charge in [0.1, 0.15) is 5.60 Å². The number of esters is 2. The maximum atomic E-state index is 11.9. The molecule has 1 N–H and O–H groups in total. The molecule has 3 aliphatic rings. The summed E-state index contributed by atoms with van der Waals surface area (Å²) in [4.78, 5) is 46.0. The second kappa shape index (κ2) is 10.5. The van der Waals surface area contributed by atoms with Crippen LogP contribution >= 0.6 is 0 Å². The highest BCUT2D eigenvalue weighted by Crippen LogP contribution is 2.45. The summed E-state index contributed by atoms with van der Waals surface area (Å²) in [7, 11) is 2.67. The van der Waals surface area contributed by atoms with Crippen molar-refractivity contribution in [3.8, 4) is 0 Å². The summed E-state index contributed by atoms with van der Waals surface area (Å²) in [5.41, 5.74) is -1.67. The van der Waals surface area contributed by atoms with Gasteiger partial charge in [-0.2, -0.15) is 0 Å². The number of carbonyl (C=O) groups excluding carboxylic acids is 4. The van der Waals surface area contributed by atoms with Crippen molar-refractivity contribution < 1.29 is 38.1 Å². The van der Waals surface area contributed by atoms with Crippen molar-refractivity contribution in [2.24, 2.45) is 10.8 Å². The predicted molar refractivity (Wildman–Crippen MR) is 119 cm³/mol. The maximum absolute atomic E-state index is 11.9. The van der Waals surface area contributed by atoms with Crippen LogP contribution in [0.2, 0.25) is 0 Å². The van der Waals surface area contributed by atoms with Crippen LogP contribution in [0.5, 0.6) is 0 Å². The number of methoxy groups -OCH3 is 2. The third-order valence-corrected chi connectivity index (χ3v) is 7.47. The largest absolute Gasteiger partial charge is 0.469 e. The molecule has 9 nitrogen and oxygen atoms in total. The topological polar surface area (TPSA) is 117 Å². The Morgan fingerprint density at radius 1 is 0.970 bits per heavy atom. The lowest BCUT2D eigenvalue weighted by Gasteiger charge is -2.31. The van der Waals surface area contributed by atoms with Gasteiger partial charge in [0.2, 0.25) is 5.91 Å². The molecule has 3 fully saturated rings. The van der Waals surface area contributed by atoms with Crippen molar-refractivity contribution in [3.63, 3.8) is 0 Å². The third-order valence-electron chi connectivity index (χ3n) is 7.47. The predicted octanol–water partition coefficient (Wildman–Crippen LogP) is 2.69. The summed E-state index contributed by atoms with van der Waals surface area (Å²) in [5, 5.41) is 2.37. The fourth-order valence-electron chi connectivity index (χ4n) is 4.69. The van der Waals surface area contributed by atoms with E-state index < -0.39 is 17.2 Å². The minimum absolute atomic E-state index is 0.0374. The van der Waals surface area contributed by atoms with E-state index in [0.29, 0.717) is 38.9 Å². The Hall–Kier alpha value is -2.00. The van der Waals surface area contributed by atoms with Gasteiger partial charge in [0, 0.05) is 12.8 Å². The van der Waals surface area contributed by atoms with Crippen LogP contribution in [0.4, 0.5) is 0 Å². The zero-order chi connectivity index (χ0) is 24.9. The molecule has 3 aliphatic heterocycles. The second-order valence-corrected chi connectivity index (χ2v) is 10.2. The minimum atomic E-state index is -0.992. The van der Waals surface area contributed by atoms with Gasteiger partial charge in [-0.25, -0.2) is 4.79 Å². The van der Waals surface area contributed by atoms with Crippen molar-refractivity contribution >= 4 is 23.8 Å². The third kappa shape index (κ3) is 6.12. The Morgan fingerprint density at radius 3 is 2.06 bits per heavy atom.